The fourth-order valence-electron chi connectivity index (χ4n) is 2.98. The Morgan fingerprint density at radius 3 is 2.58 bits per heavy atom. The molecule has 166 valence electrons. The van der Waals surface area contributed by atoms with E-state index in [4.69, 9.17) is 14.3 Å². The lowest BCUT2D eigenvalue weighted by molar-refractivity contribution is -0.153. The van der Waals surface area contributed by atoms with E-state index in [1.165, 1.54) is 50.2 Å². The molecule has 2 aromatic carbocycles. The molecular formula is C20H18F3NO6S. The zero-order valence-electron chi connectivity index (χ0n) is 16.4. The average Bonchev–Trinajstić information content (AvgIpc) is 3.02. The second kappa shape index (κ2) is 8.23. The normalized spacial score (nSPS) is 13.3. The molecule has 1 heterocycles. The third kappa shape index (κ3) is 5.17. The number of alkyl halides is 3. The fourth-order valence-corrected chi connectivity index (χ4v) is 4.24. The van der Waals surface area contributed by atoms with Crippen LogP contribution >= 0.6 is 0 Å². The first-order valence-electron chi connectivity index (χ1n) is 8.95. The summed E-state index contributed by atoms with van der Waals surface area (Å²) in [6.07, 6.45) is -4.49. The van der Waals surface area contributed by atoms with Crippen LogP contribution in [-0.4, -0.2) is 32.3 Å². The lowest BCUT2D eigenvalue weighted by Gasteiger charge is -2.16. The van der Waals surface area contributed by atoms with Gasteiger partial charge in [0.2, 0.25) is 15.8 Å². The Morgan fingerprint density at radius 2 is 1.94 bits per heavy atom. The second-order valence-electron chi connectivity index (χ2n) is 6.84. The number of halogens is 3. The van der Waals surface area contributed by atoms with Gasteiger partial charge in [-0.15, -0.1) is 0 Å². The van der Waals surface area contributed by atoms with Crippen LogP contribution in [0.15, 0.2) is 51.8 Å². The molecule has 1 unspecified atom stereocenters. The van der Waals surface area contributed by atoms with Crippen LogP contribution in [0.25, 0.3) is 11.0 Å². The number of sulfonamides is 1. The van der Waals surface area contributed by atoms with E-state index in [0.29, 0.717) is 16.5 Å². The van der Waals surface area contributed by atoms with Gasteiger partial charge >= 0.3 is 12.1 Å². The van der Waals surface area contributed by atoms with Gasteiger partial charge in [0.05, 0.1) is 4.90 Å². The van der Waals surface area contributed by atoms with Crippen molar-refractivity contribution in [2.75, 3.05) is 6.61 Å². The number of aryl methyl sites for hydroxylation is 1. The van der Waals surface area contributed by atoms with Crippen LogP contribution in [0.1, 0.15) is 34.6 Å². The minimum absolute atomic E-state index is 0.0440. The molecule has 11 heteroatoms. The number of carbonyl (C=O) groups is 1. The van der Waals surface area contributed by atoms with Crippen molar-refractivity contribution in [1.82, 2.24) is 4.72 Å². The number of rotatable bonds is 7. The summed E-state index contributed by atoms with van der Waals surface area (Å²) >= 11 is 0. The number of carboxylic acid groups (broad SMARTS) is 1. The Balaban J connectivity index is 1.83. The number of furan rings is 1. The van der Waals surface area contributed by atoms with E-state index in [0.717, 1.165) is 0 Å². The smallest absolute Gasteiger partial charge is 0.422 e. The monoisotopic (exact) mass is 457 g/mol. The number of fused-ring (bicyclic) bond motifs is 1. The van der Waals surface area contributed by atoms with Gasteiger partial charge in [0.15, 0.2) is 6.61 Å². The number of ether oxygens (including phenoxy) is 1. The highest BCUT2D eigenvalue weighted by molar-refractivity contribution is 7.89. The molecule has 0 amide bonds. The largest absolute Gasteiger partial charge is 0.484 e. The minimum Gasteiger partial charge on any atom is -0.484 e. The quantitative estimate of drug-likeness (QED) is 0.544. The van der Waals surface area contributed by atoms with Crippen LogP contribution in [-0.2, 0) is 10.0 Å². The molecule has 31 heavy (non-hydrogen) atoms. The summed E-state index contributed by atoms with van der Waals surface area (Å²) in [5, 5.41) is 9.49. The molecule has 0 saturated carbocycles. The lowest BCUT2D eigenvalue weighted by atomic mass is 10.1. The van der Waals surface area contributed by atoms with E-state index in [9.17, 15) is 26.4 Å². The molecule has 7 nitrogen and oxygen atoms in total. The highest BCUT2D eigenvalue weighted by Crippen LogP contribution is 2.29. The van der Waals surface area contributed by atoms with Gasteiger partial charge in [0.1, 0.15) is 11.3 Å². The molecule has 0 fully saturated rings. The van der Waals surface area contributed by atoms with Gasteiger partial charge in [-0.2, -0.15) is 13.2 Å². The van der Waals surface area contributed by atoms with Crippen molar-refractivity contribution in [2.24, 2.45) is 0 Å². The molecule has 3 aromatic rings. The minimum atomic E-state index is -4.49. The highest BCUT2D eigenvalue weighted by Gasteiger charge is 2.28. The topological polar surface area (TPSA) is 106 Å². The zero-order valence-corrected chi connectivity index (χ0v) is 17.2. The average molecular weight is 457 g/mol. The third-order valence-electron chi connectivity index (χ3n) is 4.50. The van der Waals surface area contributed by atoms with E-state index >= 15 is 0 Å². The first-order valence-corrected chi connectivity index (χ1v) is 10.4. The first-order chi connectivity index (χ1) is 14.4. The second-order valence-corrected chi connectivity index (χ2v) is 8.55. The summed E-state index contributed by atoms with van der Waals surface area (Å²) in [7, 11) is -4.04. The van der Waals surface area contributed by atoms with Gasteiger partial charge in [-0.05, 0) is 49.7 Å². The molecule has 3 rings (SSSR count). The maximum Gasteiger partial charge on any atom is 0.422 e. The van der Waals surface area contributed by atoms with Crippen molar-refractivity contribution in [3.63, 3.8) is 0 Å². The fraction of sp³-hybridized carbons (Fsp3) is 0.250. The number of nitrogens with one attached hydrogen (secondary N) is 1. The van der Waals surface area contributed by atoms with Gasteiger partial charge in [-0.1, -0.05) is 12.1 Å². The van der Waals surface area contributed by atoms with Crippen LogP contribution in [0.4, 0.5) is 13.2 Å². The predicted octanol–water partition coefficient (Wildman–Crippen LogP) is 4.42. The number of hydrogen-bond acceptors (Lipinski definition) is 5. The number of hydrogen-bond donors (Lipinski definition) is 2. The Kier molecular flexibility index (Phi) is 6.01. The van der Waals surface area contributed by atoms with Gasteiger partial charge < -0.3 is 14.3 Å². The van der Waals surface area contributed by atoms with Gasteiger partial charge in [0, 0.05) is 17.0 Å². The van der Waals surface area contributed by atoms with E-state index in [2.05, 4.69) is 4.72 Å². The van der Waals surface area contributed by atoms with E-state index in [-0.39, 0.29) is 22.0 Å². The van der Waals surface area contributed by atoms with E-state index in [1.54, 1.807) is 6.07 Å². The summed E-state index contributed by atoms with van der Waals surface area (Å²) in [6.45, 7) is 1.58. The predicted molar refractivity (Wildman–Crippen MR) is 105 cm³/mol. The molecule has 0 saturated heterocycles. The van der Waals surface area contributed by atoms with E-state index < -0.39 is 34.8 Å². The maximum atomic E-state index is 12.8. The standard InChI is InChI=1S/C20H18F3NO6S/c1-11-16-9-15(6-7-17(16)30-18(11)19(25)26)31(27,28)24-12(2)13-4-3-5-14(8-13)29-10-20(21,22)23/h3-9,12,24H,10H2,1-2H3,(H,25,26). The summed E-state index contributed by atoms with van der Waals surface area (Å²) in [4.78, 5) is 11.1. The molecule has 0 aliphatic heterocycles. The van der Waals surface area contributed by atoms with Gasteiger partial charge in [0.25, 0.3) is 0 Å². The lowest BCUT2D eigenvalue weighted by Crippen LogP contribution is -2.27. The van der Waals surface area contributed by atoms with Crippen molar-refractivity contribution in [1.29, 1.82) is 0 Å². The molecule has 0 spiro atoms. The summed E-state index contributed by atoms with van der Waals surface area (Å²) in [5.74, 6) is -1.59. The molecule has 0 aliphatic rings. The molecule has 0 bridgehead atoms. The van der Waals surface area contributed by atoms with Gasteiger partial charge in [-0.25, -0.2) is 17.9 Å². The first kappa shape index (κ1) is 22.6. The Bertz CT molecular complexity index is 1230. The SMILES string of the molecule is Cc1c(C(=O)O)oc2ccc(S(=O)(=O)NC(C)c3cccc(OCC(F)(F)F)c3)cc12. The van der Waals surface area contributed by atoms with Gasteiger partial charge in [-0.3, -0.25) is 0 Å². The Labute approximate surface area is 175 Å². The van der Waals surface area contributed by atoms with Crippen LogP contribution in [0, 0.1) is 6.92 Å². The zero-order chi connectivity index (χ0) is 23.0. The Morgan fingerprint density at radius 1 is 1.23 bits per heavy atom. The van der Waals surface area contributed by atoms with Crippen LogP contribution in [0.2, 0.25) is 0 Å². The highest BCUT2D eigenvalue weighted by atomic mass is 32.2. The number of aromatic carboxylic acids is 1. The summed E-state index contributed by atoms with van der Waals surface area (Å²) < 4.78 is 75.0. The summed E-state index contributed by atoms with van der Waals surface area (Å²) in [6, 6.07) is 8.83. The molecule has 1 atom stereocenters. The van der Waals surface area contributed by atoms with Crippen molar-refractivity contribution in [3.8, 4) is 5.75 Å². The summed E-state index contributed by atoms with van der Waals surface area (Å²) in [5.41, 5.74) is 0.926. The van der Waals surface area contributed by atoms with Crippen LogP contribution in [0.3, 0.4) is 0 Å². The molecule has 0 aliphatic carbocycles. The molecule has 2 N–H and O–H groups in total. The number of benzene rings is 2. The third-order valence-corrected chi connectivity index (χ3v) is 6.04. The van der Waals surface area contributed by atoms with E-state index in [1.807, 2.05) is 0 Å². The van der Waals surface area contributed by atoms with Crippen LogP contribution < -0.4 is 9.46 Å². The molecule has 1 aromatic heterocycles. The molecular weight excluding hydrogens is 439 g/mol. The number of carboxylic acids is 1. The van der Waals surface area contributed by atoms with Crippen molar-refractivity contribution >= 4 is 27.0 Å². The van der Waals surface area contributed by atoms with Crippen molar-refractivity contribution in [2.45, 2.75) is 31.0 Å². The molecule has 0 radical (unpaired) electrons. The Hall–Kier alpha value is -3.05. The van der Waals surface area contributed by atoms with Crippen molar-refractivity contribution in [3.05, 3.63) is 59.4 Å². The van der Waals surface area contributed by atoms with Crippen LogP contribution in [0.5, 0.6) is 5.75 Å². The van der Waals surface area contributed by atoms with Crippen molar-refractivity contribution < 1.29 is 40.6 Å². The maximum absolute atomic E-state index is 12.8.